The summed E-state index contributed by atoms with van der Waals surface area (Å²) in [6, 6.07) is 0. The molecule has 43 heavy (non-hydrogen) atoms. The SMILES string of the molecule is C=C(C)C(=O)OC.C=CC(=O)OC.C=COC.CC1(C)CO1.CC1CO1.CCC1(COC)COC1.COCC1(C)COC1. The van der Waals surface area contributed by atoms with Crippen molar-refractivity contribution >= 4 is 11.9 Å². The summed E-state index contributed by atoms with van der Waals surface area (Å²) in [5.41, 5.74) is 1.38. The molecule has 4 saturated heterocycles. The van der Waals surface area contributed by atoms with E-state index in [1.54, 1.807) is 28.3 Å². The minimum atomic E-state index is -0.394. The highest BCUT2D eigenvalue weighted by Crippen LogP contribution is 2.30. The molecule has 0 spiro atoms. The van der Waals surface area contributed by atoms with Gasteiger partial charge < -0.3 is 42.6 Å². The van der Waals surface area contributed by atoms with Gasteiger partial charge in [0.25, 0.3) is 0 Å². The number of rotatable bonds is 8. The predicted molar refractivity (Wildman–Crippen MR) is 168 cm³/mol. The van der Waals surface area contributed by atoms with Gasteiger partial charge in [-0.1, -0.05) is 33.6 Å². The summed E-state index contributed by atoms with van der Waals surface area (Å²) in [6.45, 7) is 29.0. The van der Waals surface area contributed by atoms with E-state index in [1.807, 2.05) is 0 Å². The van der Waals surface area contributed by atoms with Gasteiger partial charge in [-0.15, -0.1) is 0 Å². The Kier molecular flexibility index (Phi) is 27.5. The Hall–Kier alpha value is -2.28. The second-order valence-corrected chi connectivity index (χ2v) is 11.1. The van der Waals surface area contributed by atoms with Gasteiger partial charge >= 0.3 is 11.9 Å². The lowest BCUT2D eigenvalue weighted by Gasteiger charge is -2.39. The third-order valence-electron chi connectivity index (χ3n) is 5.70. The van der Waals surface area contributed by atoms with Crippen LogP contribution in [0.2, 0.25) is 0 Å². The molecule has 1 atom stereocenters. The van der Waals surface area contributed by atoms with E-state index in [-0.39, 0.29) is 11.6 Å². The van der Waals surface area contributed by atoms with Crippen molar-refractivity contribution in [2.75, 3.05) is 88.4 Å². The maximum atomic E-state index is 10.2. The molecule has 0 aromatic carbocycles. The Morgan fingerprint density at radius 1 is 0.884 bits per heavy atom. The molecule has 4 fully saturated rings. The number of ether oxygens (including phenoxy) is 9. The van der Waals surface area contributed by atoms with Crippen molar-refractivity contribution in [1.29, 1.82) is 0 Å². The minimum Gasteiger partial charge on any atom is -0.505 e. The Morgan fingerprint density at radius 3 is 1.35 bits per heavy atom. The van der Waals surface area contributed by atoms with Crippen LogP contribution in [0.4, 0.5) is 0 Å². The topological polar surface area (TPSA) is 124 Å². The van der Waals surface area contributed by atoms with E-state index in [4.69, 9.17) is 28.4 Å². The van der Waals surface area contributed by atoms with Gasteiger partial charge in [0.1, 0.15) is 0 Å². The Labute approximate surface area is 260 Å². The second kappa shape index (κ2) is 26.2. The summed E-state index contributed by atoms with van der Waals surface area (Å²) >= 11 is 0. The van der Waals surface area contributed by atoms with Crippen LogP contribution < -0.4 is 0 Å². The van der Waals surface area contributed by atoms with Crippen molar-refractivity contribution in [3.05, 3.63) is 37.6 Å². The highest BCUT2D eigenvalue weighted by Gasteiger charge is 2.36. The zero-order valence-electron chi connectivity index (χ0n) is 28.7. The average Bonchev–Trinajstić information content (AvgIpc) is 3.89. The second-order valence-electron chi connectivity index (χ2n) is 11.1. The Bertz CT molecular complexity index is 741. The van der Waals surface area contributed by atoms with Gasteiger partial charge in [0.2, 0.25) is 0 Å². The van der Waals surface area contributed by atoms with E-state index in [2.05, 4.69) is 68.6 Å². The molecular weight excluding hydrogens is 560 g/mol. The molecule has 0 amide bonds. The molecule has 0 aliphatic carbocycles. The van der Waals surface area contributed by atoms with E-state index in [0.29, 0.717) is 22.5 Å². The van der Waals surface area contributed by atoms with Crippen LogP contribution >= 0.6 is 0 Å². The van der Waals surface area contributed by atoms with Crippen molar-refractivity contribution in [3.63, 3.8) is 0 Å². The van der Waals surface area contributed by atoms with E-state index < -0.39 is 5.97 Å². The molecule has 4 heterocycles. The van der Waals surface area contributed by atoms with Crippen LogP contribution in [-0.4, -0.2) is 112 Å². The monoisotopic (exact) mass is 620 g/mol. The zero-order chi connectivity index (χ0) is 34.0. The molecule has 4 rings (SSSR count). The van der Waals surface area contributed by atoms with Crippen molar-refractivity contribution in [3.8, 4) is 0 Å². The molecule has 4 aliphatic heterocycles. The van der Waals surface area contributed by atoms with Gasteiger partial charge in [0.15, 0.2) is 0 Å². The standard InChI is InChI=1S/C7H14O2.C6H12O2.C5H8O2.C4H6O2.C4H8O.2C3H6O/c1-3-7(4-8-2)5-9-6-7;1-6(3-7-2)4-8-5-6;1-4(2)5(6)7-3;1-3-4(5)6-2;1-4(2)3-5-4;1-3-2-4-3;1-3-4-2/h3-6H2,1-2H3;3-5H2,1-2H3;1H2,2-3H3;3H,1H2,2H3;3H2,1-2H3;3H,2H2,1H3;3H,1H2,2H3. The highest BCUT2D eigenvalue weighted by atomic mass is 16.6. The van der Waals surface area contributed by atoms with Crippen LogP contribution in [0.15, 0.2) is 37.6 Å². The van der Waals surface area contributed by atoms with E-state index in [9.17, 15) is 9.59 Å². The molecule has 0 aromatic heterocycles. The van der Waals surface area contributed by atoms with Gasteiger partial charge in [0.05, 0.1) is 92.2 Å². The first-order chi connectivity index (χ1) is 20.1. The normalized spacial score (nSPS) is 19.4. The van der Waals surface area contributed by atoms with Gasteiger partial charge in [-0.25, -0.2) is 9.59 Å². The zero-order valence-corrected chi connectivity index (χ0v) is 28.7. The fourth-order valence-electron chi connectivity index (χ4n) is 2.47. The summed E-state index contributed by atoms with van der Waals surface area (Å²) < 4.78 is 42.5. The highest BCUT2D eigenvalue weighted by molar-refractivity contribution is 5.86. The number of hydrogen-bond acceptors (Lipinski definition) is 11. The lowest BCUT2D eigenvalue weighted by Crippen LogP contribution is -2.45. The minimum absolute atomic E-state index is 0.250. The largest absolute Gasteiger partial charge is 0.505 e. The molecule has 0 N–H and O–H groups in total. The molecular formula is C32H60O11. The van der Waals surface area contributed by atoms with Crippen LogP contribution in [0, 0.1) is 10.8 Å². The number of hydrogen-bond donors (Lipinski definition) is 0. The first-order valence-corrected chi connectivity index (χ1v) is 14.1. The van der Waals surface area contributed by atoms with E-state index in [1.165, 1.54) is 26.9 Å². The molecule has 11 nitrogen and oxygen atoms in total. The maximum absolute atomic E-state index is 10.2. The Morgan fingerprint density at radius 2 is 1.30 bits per heavy atom. The van der Waals surface area contributed by atoms with Crippen LogP contribution in [0.3, 0.4) is 0 Å². The number of carbonyl (C=O) groups excluding carboxylic acids is 2. The summed E-state index contributed by atoms with van der Waals surface area (Å²) in [7, 11) is 7.67. The molecule has 0 radical (unpaired) electrons. The van der Waals surface area contributed by atoms with Gasteiger partial charge in [0, 0.05) is 36.7 Å². The first kappa shape index (κ1) is 45.2. The van der Waals surface area contributed by atoms with Crippen molar-refractivity contribution in [2.24, 2.45) is 10.8 Å². The Balaban J connectivity index is -0.000000442. The summed E-state index contributed by atoms with van der Waals surface area (Å²) in [6.07, 6.45) is 4.24. The number of esters is 2. The summed E-state index contributed by atoms with van der Waals surface area (Å²) in [5.74, 6) is -0.741. The molecule has 4 aliphatic rings. The lowest BCUT2D eigenvalue weighted by molar-refractivity contribution is -0.144. The molecule has 0 saturated carbocycles. The molecule has 254 valence electrons. The van der Waals surface area contributed by atoms with Crippen LogP contribution in [-0.2, 0) is 52.2 Å². The van der Waals surface area contributed by atoms with Crippen LogP contribution in [0.25, 0.3) is 0 Å². The smallest absolute Gasteiger partial charge is 0.332 e. The fraction of sp³-hybridized carbons (Fsp3) is 0.750. The van der Waals surface area contributed by atoms with Crippen molar-refractivity contribution in [2.45, 2.75) is 59.7 Å². The first-order valence-electron chi connectivity index (χ1n) is 14.1. The summed E-state index contributed by atoms with van der Waals surface area (Å²) in [4.78, 5) is 20.0. The number of epoxide rings is 2. The maximum Gasteiger partial charge on any atom is 0.332 e. The summed E-state index contributed by atoms with van der Waals surface area (Å²) in [5, 5.41) is 0. The third kappa shape index (κ3) is 29.6. The predicted octanol–water partition coefficient (Wildman–Crippen LogP) is 4.79. The van der Waals surface area contributed by atoms with Crippen molar-refractivity contribution < 1.29 is 52.2 Å². The van der Waals surface area contributed by atoms with E-state index in [0.717, 1.165) is 58.9 Å². The fourth-order valence-corrected chi connectivity index (χ4v) is 2.47. The lowest BCUT2D eigenvalue weighted by atomic mass is 9.84. The van der Waals surface area contributed by atoms with Gasteiger partial charge in [-0.2, -0.15) is 0 Å². The molecule has 11 heteroatoms. The third-order valence-corrected chi connectivity index (χ3v) is 5.70. The average molecular weight is 621 g/mol. The number of carbonyl (C=O) groups is 2. The molecule has 1 unspecified atom stereocenters. The van der Waals surface area contributed by atoms with Crippen molar-refractivity contribution in [1.82, 2.24) is 0 Å². The quantitative estimate of drug-likeness (QED) is 0.161. The number of methoxy groups -OCH3 is 5. The molecule has 0 bridgehead atoms. The van der Waals surface area contributed by atoms with Gasteiger partial charge in [-0.3, -0.25) is 0 Å². The molecule has 0 aromatic rings. The van der Waals surface area contributed by atoms with Crippen LogP contribution in [0.1, 0.15) is 48.0 Å². The van der Waals surface area contributed by atoms with E-state index >= 15 is 0 Å². The van der Waals surface area contributed by atoms with Crippen LogP contribution in [0.5, 0.6) is 0 Å². The van der Waals surface area contributed by atoms with Gasteiger partial charge in [-0.05, 0) is 34.1 Å².